The van der Waals surface area contributed by atoms with Gasteiger partial charge in [0.15, 0.2) is 0 Å². The van der Waals surface area contributed by atoms with Gasteiger partial charge in [0.2, 0.25) is 0 Å². The van der Waals surface area contributed by atoms with E-state index >= 15 is 0 Å². The monoisotopic (exact) mass is 154 g/mol. The highest BCUT2D eigenvalue weighted by Crippen LogP contribution is 2.04. The van der Waals surface area contributed by atoms with Crippen molar-refractivity contribution in [2.45, 2.75) is 0 Å². The highest BCUT2D eigenvalue weighted by molar-refractivity contribution is 6.39. The fourth-order valence-electron chi connectivity index (χ4n) is 0.657. The maximum absolute atomic E-state index is 10.7. The van der Waals surface area contributed by atoms with E-state index in [1.54, 1.807) is 0 Å². The number of Topliss-reactive ketones (excluding diaryl/α,β-unsaturated/α-hetero) is 1. The number of H-pyrrole nitrogens is 1. The highest BCUT2D eigenvalue weighted by Gasteiger charge is 2.15. The van der Waals surface area contributed by atoms with Crippen LogP contribution in [0.25, 0.3) is 0 Å². The quantitative estimate of drug-likeness (QED) is 0.408. The van der Waals surface area contributed by atoms with Gasteiger partial charge in [0.1, 0.15) is 0 Å². The molecule has 4 N–H and O–H groups in total. The first-order valence-electron chi connectivity index (χ1n) is 2.83. The fraction of sp³-hybridized carbons (Fsp3) is 0. The largest absolute Gasteiger partial charge is 0.475 e. The number of carboxylic acid groups (broad SMARTS) is 1. The van der Waals surface area contributed by atoms with Gasteiger partial charge in [0.05, 0.1) is 5.69 Å². The summed E-state index contributed by atoms with van der Waals surface area (Å²) in [5.74, 6) is -2.48. The molecule has 58 valence electrons. The molecule has 0 spiro atoms. The Hall–Kier alpha value is -1.78. The molecule has 1 aromatic rings. The maximum atomic E-state index is 10.7. The van der Waals surface area contributed by atoms with Gasteiger partial charge in [-0.15, -0.1) is 0 Å². The zero-order valence-corrected chi connectivity index (χ0v) is 5.50. The first-order chi connectivity index (χ1) is 5.11. The number of aromatic amines is 1. The van der Waals surface area contributed by atoms with Gasteiger partial charge in [-0.3, -0.25) is 4.79 Å². The molecule has 0 aliphatic carbocycles. The number of hydrogen-bond acceptors (Lipinski definition) is 3. The SMILES string of the molecule is Nc1c[nH]c(C(=O)C(=O)O)c1. The molecule has 5 nitrogen and oxygen atoms in total. The van der Waals surface area contributed by atoms with Crippen molar-refractivity contribution >= 4 is 17.4 Å². The van der Waals surface area contributed by atoms with Gasteiger partial charge in [0, 0.05) is 11.9 Å². The number of carbonyl (C=O) groups is 2. The molecule has 0 bridgehead atoms. The third kappa shape index (κ3) is 1.37. The van der Waals surface area contributed by atoms with Crippen molar-refractivity contribution in [3.63, 3.8) is 0 Å². The summed E-state index contributed by atoms with van der Waals surface area (Å²) in [7, 11) is 0. The van der Waals surface area contributed by atoms with Crippen molar-refractivity contribution in [1.29, 1.82) is 0 Å². The summed E-state index contributed by atoms with van der Waals surface area (Å²) >= 11 is 0. The minimum Gasteiger partial charge on any atom is -0.475 e. The van der Waals surface area contributed by atoms with Crippen LogP contribution < -0.4 is 5.73 Å². The molecule has 1 heterocycles. The lowest BCUT2D eigenvalue weighted by atomic mass is 10.3. The van der Waals surface area contributed by atoms with E-state index in [1.807, 2.05) is 0 Å². The average molecular weight is 154 g/mol. The summed E-state index contributed by atoms with van der Waals surface area (Å²) in [6, 6.07) is 1.27. The molecule has 0 atom stereocenters. The number of rotatable bonds is 2. The molecule has 0 saturated heterocycles. The molecular weight excluding hydrogens is 148 g/mol. The summed E-state index contributed by atoms with van der Waals surface area (Å²) < 4.78 is 0. The van der Waals surface area contributed by atoms with Crippen molar-refractivity contribution in [3.8, 4) is 0 Å². The van der Waals surface area contributed by atoms with Crippen molar-refractivity contribution in [2.75, 3.05) is 5.73 Å². The number of nitrogens with two attached hydrogens (primary N) is 1. The Morgan fingerprint density at radius 1 is 1.55 bits per heavy atom. The predicted octanol–water partition coefficient (Wildman–Crippen LogP) is -0.136. The third-order valence-corrected chi connectivity index (χ3v) is 1.14. The Morgan fingerprint density at radius 3 is 2.55 bits per heavy atom. The lowest BCUT2D eigenvalue weighted by molar-refractivity contribution is -0.131. The Bertz CT molecular complexity index is 303. The molecule has 0 aliphatic rings. The summed E-state index contributed by atoms with van der Waals surface area (Å²) in [6.45, 7) is 0. The number of hydrogen-bond donors (Lipinski definition) is 3. The normalized spacial score (nSPS) is 9.45. The summed E-state index contributed by atoms with van der Waals surface area (Å²) in [5, 5.41) is 8.23. The molecular formula is C6H6N2O3. The van der Waals surface area contributed by atoms with E-state index in [0.717, 1.165) is 0 Å². The van der Waals surface area contributed by atoms with Crippen molar-refractivity contribution in [3.05, 3.63) is 18.0 Å². The van der Waals surface area contributed by atoms with Gasteiger partial charge < -0.3 is 15.8 Å². The second kappa shape index (κ2) is 2.45. The zero-order valence-electron chi connectivity index (χ0n) is 5.50. The second-order valence-corrected chi connectivity index (χ2v) is 1.98. The Balaban J connectivity index is 2.94. The van der Waals surface area contributed by atoms with E-state index in [2.05, 4.69) is 4.98 Å². The lowest BCUT2D eigenvalue weighted by Gasteiger charge is -1.86. The number of ketones is 1. The zero-order chi connectivity index (χ0) is 8.43. The van der Waals surface area contributed by atoms with E-state index in [9.17, 15) is 9.59 Å². The fourth-order valence-corrected chi connectivity index (χ4v) is 0.657. The number of carbonyl (C=O) groups excluding carboxylic acids is 1. The van der Waals surface area contributed by atoms with Gasteiger partial charge in [-0.05, 0) is 6.07 Å². The summed E-state index contributed by atoms with van der Waals surface area (Å²) in [5.41, 5.74) is 5.58. The number of carboxylic acids is 1. The van der Waals surface area contributed by atoms with Crippen molar-refractivity contribution in [2.24, 2.45) is 0 Å². The highest BCUT2D eigenvalue weighted by atomic mass is 16.4. The van der Waals surface area contributed by atoms with E-state index in [0.29, 0.717) is 5.69 Å². The molecule has 1 aromatic heterocycles. The molecule has 0 aliphatic heterocycles. The number of aromatic nitrogens is 1. The minimum absolute atomic E-state index is 0.00463. The van der Waals surface area contributed by atoms with Gasteiger partial charge in [-0.1, -0.05) is 0 Å². The molecule has 0 radical (unpaired) electrons. The third-order valence-electron chi connectivity index (χ3n) is 1.14. The van der Waals surface area contributed by atoms with Crippen LogP contribution in [0, 0.1) is 0 Å². The standard InChI is InChI=1S/C6H6N2O3/c7-3-1-4(8-2-3)5(9)6(10)11/h1-2,8H,7H2,(H,10,11). The van der Waals surface area contributed by atoms with Crippen LogP contribution in [0.2, 0.25) is 0 Å². The molecule has 1 rings (SSSR count). The van der Waals surface area contributed by atoms with E-state index in [4.69, 9.17) is 10.8 Å². The van der Waals surface area contributed by atoms with E-state index < -0.39 is 11.8 Å². The van der Waals surface area contributed by atoms with Crippen LogP contribution in [0.4, 0.5) is 5.69 Å². The molecule has 0 unspecified atom stereocenters. The van der Waals surface area contributed by atoms with Crippen LogP contribution in [-0.2, 0) is 4.79 Å². The molecule has 0 amide bonds. The molecule has 0 saturated carbocycles. The van der Waals surface area contributed by atoms with E-state index in [-0.39, 0.29) is 5.69 Å². The Labute approximate surface area is 61.8 Å². The smallest absolute Gasteiger partial charge is 0.378 e. The molecule has 11 heavy (non-hydrogen) atoms. The average Bonchev–Trinajstić information content (AvgIpc) is 2.34. The number of aliphatic carboxylic acids is 1. The van der Waals surface area contributed by atoms with Crippen LogP contribution >= 0.6 is 0 Å². The number of anilines is 1. The van der Waals surface area contributed by atoms with Crippen LogP contribution in [-0.4, -0.2) is 21.8 Å². The van der Waals surface area contributed by atoms with Gasteiger partial charge in [-0.25, -0.2) is 4.79 Å². The van der Waals surface area contributed by atoms with E-state index in [1.165, 1.54) is 12.3 Å². The maximum Gasteiger partial charge on any atom is 0.378 e. The Morgan fingerprint density at radius 2 is 2.18 bits per heavy atom. The molecule has 0 fully saturated rings. The summed E-state index contributed by atoms with van der Waals surface area (Å²) in [6.07, 6.45) is 1.36. The lowest BCUT2D eigenvalue weighted by Crippen LogP contribution is -2.12. The summed E-state index contributed by atoms with van der Waals surface area (Å²) in [4.78, 5) is 23.2. The van der Waals surface area contributed by atoms with Crippen LogP contribution in [0.15, 0.2) is 12.3 Å². The molecule has 5 heteroatoms. The Kier molecular flexibility index (Phi) is 1.63. The first kappa shape index (κ1) is 7.33. The van der Waals surface area contributed by atoms with Crippen LogP contribution in [0.5, 0.6) is 0 Å². The number of nitrogens with one attached hydrogen (secondary N) is 1. The topological polar surface area (TPSA) is 96.2 Å². The van der Waals surface area contributed by atoms with Gasteiger partial charge in [-0.2, -0.15) is 0 Å². The predicted molar refractivity (Wildman–Crippen MR) is 37.2 cm³/mol. The first-order valence-corrected chi connectivity index (χ1v) is 2.83. The molecule has 0 aromatic carbocycles. The van der Waals surface area contributed by atoms with Crippen LogP contribution in [0.1, 0.15) is 10.5 Å². The van der Waals surface area contributed by atoms with Crippen molar-refractivity contribution in [1.82, 2.24) is 4.98 Å². The number of nitrogen functional groups attached to an aromatic ring is 1. The van der Waals surface area contributed by atoms with Gasteiger partial charge in [0.25, 0.3) is 5.78 Å². The van der Waals surface area contributed by atoms with Gasteiger partial charge >= 0.3 is 5.97 Å². The van der Waals surface area contributed by atoms with Crippen LogP contribution in [0.3, 0.4) is 0 Å². The second-order valence-electron chi connectivity index (χ2n) is 1.98. The minimum atomic E-state index is -1.49. The van der Waals surface area contributed by atoms with Crippen molar-refractivity contribution < 1.29 is 14.7 Å².